The summed E-state index contributed by atoms with van der Waals surface area (Å²) in [5.74, 6) is 0.0372. The van der Waals surface area contributed by atoms with E-state index in [-0.39, 0.29) is 11.9 Å². The van der Waals surface area contributed by atoms with E-state index in [0.717, 1.165) is 24.2 Å². The highest BCUT2D eigenvalue weighted by Gasteiger charge is 2.15. The second kappa shape index (κ2) is 10.3. The molecule has 1 heterocycles. The van der Waals surface area contributed by atoms with Crippen molar-refractivity contribution >= 4 is 17.2 Å². The molecule has 0 aliphatic carbocycles. The number of hydrogen-bond donors (Lipinski definition) is 1. The zero-order chi connectivity index (χ0) is 18.1. The van der Waals surface area contributed by atoms with Crippen molar-refractivity contribution < 1.29 is 9.53 Å². The molecule has 0 saturated heterocycles. The second-order valence-corrected chi connectivity index (χ2v) is 7.18. The number of thiophene rings is 1. The molecular formula is C20H28N2O2S. The Labute approximate surface area is 154 Å². The first-order valence-corrected chi connectivity index (χ1v) is 9.64. The molecule has 1 unspecified atom stereocenters. The fourth-order valence-electron chi connectivity index (χ4n) is 2.56. The van der Waals surface area contributed by atoms with E-state index >= 15 is 0 Å². The number of ether oxygens (including phenoxy) is 1. The highest BCUT2D eigenvalue weighted by atomic mass is 32.1. The minimum Gasteiger partial charge on any atom is -0.377 e. The molecule has 5 heteroatoms. The number of benzene rings is 1. The number of likely N-dealkylation sites (N-methyl/N-ethyl adjacent to an activating group) is 1. The molecule has 0 bridgehead atoms. The molecule has 0 spiro atoms. The van der Waals surface area contributed by atoms with Gasteiger partial charge in [-0.2, -0.15) is 0 Å². The highest BCUT2D eigenvalue weighted by molar-refractivity contribution is 7.10. The minimum absolute atomic E-state index is 0.0372. The zero-order valence-corrected chi connectivity index (χ0v) is 16.1. The molecule has 0 aliphatic rings. The zero-order valence-electron chi connectivity index (χ0n) is 15.3. The van der Waals surface area contributed by atoms with Gasteiger partial charge in [0.15, 0.2) is 0 Å². The summed E-state index contributed by atoms with van der Waals surface area (Å²) >= 11 is 1.72. The van der Waals surface area contributed by atoms with Gasteiger partial charge in [0.05, 0.1) is 13.2 Å². The molecule has 0 fully saturated rings. The average molecular weight is 361 g/mol. The standard InChI is InChI=1S/C20H28N2O2S/c1-4-11-24-15-18-9-6-5-8-17(18)13-21-20(23)14-22(3)16(2)19-10-7-12-25-19/h5-10,12,16H,4,11,13-15H2,1-3H3,(H,21,23). The lowest BCUT2D eigenvalue weighted by atomic mass is 10.1. The first-order valence-electron chi connectivity index (χ1n) is 8.76. The maximum Gasteiger partial charge on any atom is 0.234 e. The average Bonchev–Trinajstić information content (AvgIpc) is 3.15. The lowest BCUT2D eigenvalue weighted by Crippen LogP contribution is -2.36. The van der Waals surface area contributed by atoms with E-state index in [9.17, 15) is 4.79 Å². The van der Waals surface area contributed by atoms with Crippen LogP contribution < -0.4 is 5.32 Å². The van der Waals surface area contributed by atoms with Gasteiger partial charge in [-0.3, -0.25) is 9.69 Å². The Morgan fingerprint density at radius 1 is 1.24 bits per heavy atom. The number of hydrogen-bond acceptors (Lipinski definition) is 4. The molecule has 1 N–H and O–H groups in total. The van der Waals surface area contributed by atoms with Crippen molar-refractivity contribution in [2.75, 3.05) is 20.2 Å². The number of nitrogens with one attached hydrogen (secondary N) is 1. The number of carbonyl (C=O) groups is 1. The van der Waals surface area contributed by atoms with E-state index in [1.165, 1.54) is 4.88 Å². The first kappa shape index (κ1) is 19.6. The summed E-state index contributed by atoms with van der Waals surface area (Å²) in [5, 5.41) is 5.09. The third-order valence-electron chi connectivity index (χ3n) is 4.21. The minimum atomic E-state index is 0.0372. The third kappa shape index (κ3) is 6.27. The molecule has 2 rings (SSSR count). The lowest BCUT2D eigenvalue weighted by molar-refractivity contribution is -0.122. The van der Waals surface area contributed by atoms with Crippen molar-refractivity contribution in [1.29, 1.82) is 0 Å². The quantitative estimate of drug-likeness (QED) is 0.652. The van der Waals surface area contributed by atoms with Crippen molar-refractivity contribution in [3.8, 4) is 0 Å². The lowest BCUT2D eigenvalue weighted by Gasteiger charge is -2.23. The Bertz CT molecular complexity index is 643. The summed E-state index contributed by atoms with van der Waals surface area (Å²) in [6.07, 6.45) is 1.01. The Hall–Kier alpha value is -1.69. The van der Waals surface area contributed by atoms with Crippen LogP contribution in [0.5, 0.6) is 0 Å². The molecule has 1 amide bonds. The largest absolute Gasteiger partial charge is 0.377 e. The summed E-state index contributed by atoms with van der Waals surface area (Å²) in [4.78, 5) is 15.6. The van der Waals surface area contributed by atoms with E-state index in [1.807, 2.05) is 31.3 Å². The molecule has 136 valence electrons. The number of nitrogens with zero attached hydrogens (tertiary/aromatic N) is 1. The predicted octanol–water partition coefficient (Wildman–Crippen LogP) is 3.98. The molecule has 2 aromatic rings. The topological polar surface area (TPSA) is 41.6 Å². The molecule has 1 atom stereocenters. The smallest absolute Gasteiger partial charge is 0.234 e. The van der Waals surface area contributed by atoms with E-state index in [1.54, 1.807) is 11.3 Å². The van der Waals surface area contributed by atoms with Crippen LogP contribution in [0.2, 0.25) is 0 Å². The van der Waals surface area contributed by atoms with Gasteiger partial charge in [0.1, 0.15) is 0 Å². The van der Waals surface area contributed by atoms with E-state index < -0.39 is 0 Å². The molecule has 1 aromatic heterocycles. The molecule has 4 nitrogen and oxygen atoms in total. The number of carbonyl (C=O) groups excluding carboxylic acids is 1. The van der Waals surface area contributed by atoms with Crippen LogP contribution in [0.15, 0.2) is 41.8 Å². The summed E-state index contributed by atoms with van der Waals surface area (Å²) in [6, 6.07) is 12.5. The van der Waals surface area contributed by atoms with Gasteiger partial charge in [-0.15, -0.1) is 11.3 Å². The van der Waals surface area contributed by atoms with E-state index in [0.29, 0.717) is 19.7 Å². The summed E-state index contributed by atoms with van der Waals surface area (Å²) in [5.41, 5.74) is 2.25. The van der Waals surface area contributed by atoms with Gasteiger partial charge in [-0.05, 0) is 43.0 Å². The van der Waals surface area contributed by atoms with Crippen LogP contribution in [0.1, 0.15) is 42.3 Å². The van der Waals surface area contributed by atoms with Gasteiger partial charge in [-0.25, -0.2) is 0 Å². The van der Waals surface area contributed by atoms with Crippen LogP contribution in [-0.4, -0.2) is 31.0 Å². The van der Waals surface area contributed by atoms with Gasteiger partial charge in [0, 0.05) is 24.1 Å². The van der Waals surface area contributed by atoms with Crippen molar-refractivity contribution in [3.05, 3.63) is 57.8 Å². The second-order valence-electron chi connectivity index (χ2n) is 6.20. The molecule has 0 radical (unpaired) electrons. The molecular weight excluding hydrogens is 332 g/mol. The van der Waals surface area contributed by atoms with Crippen molar-refractivity contribution in [2.24, 2.45) is 0 Å². The van der Waals surface area contributed by atoms with Crippen molar-refractivity contribution in [1.82, 2.24) is 10.2 Å². The Kier molecular flexibility index (Phi) is 8.12. The van der Waals surface area contributed by atoms with Gasteiger partial charge in [0.25, 0.3) is 0 Å². The van der Waals surface area contributed by atoms with Crippen molar-refractivity contribution in [2.45, 2.75) is 39.5 Å². The van der Waals surface area contributed by atoms with E-state index in [2.05, 4.69) is 41.6 Å². The molecule has 0 saturated carbocycles. The number of rotatable bonds is 10. The predicted molar refractivity (Wildman–Crippen MR) is 104 cm³/mol. The van der Waals surface area contributed by atoms with Crippen LogP contribution in [0.4, 0.5) is 0 Å². The Morgan fingerprint density at radius 3 is 2.68 bits per heavy atom. The first-order chi connectivity index (χ1) is 12.1. The normalized spacial score (nSPS) is 12.3. The monoisotopic (exact) mass is 360 g/mol. The number of amides is 1. The Morgan fingerprint density at radius 2 is 2.00 bits per heavy atom. The fourth-order valence-corrected chi connectivity index (χ4v) is 3.40. The van der Waals surface area contributed by atoms with Gasteiger partial charge < -0.3 is 10.1 Å². The summed E-state index contributed by atoms with van der Waals surface area (Å²) < 4.78 is 5.63. The van der Waals surface area contributed by atoms with Crippen LogP contribution in [0.25, 0.3) is 0 Å². The fraction of sp³-hybridized carbons (Fsp3) is 0.450. The maximum atomic E-state index is 12.3. The van der Waals surface area contributed by atoms with Crippen molar-refractivity contribution in [3.63, 3.8) is 0 Å². The summed E-state index contributed by atoms with van der Waals surface area (Å²) in [6.45, 7) is 6.49. The van der Waals surface area contributed by atoms with Crippen LogP contribution in [0, 0.1) is 0 Å². The van der Waals surface area contributed by atoms with E-state index in [4.69, 9.17) is 4.74 Å². The van der Waals surface area contributed by atoms with Gasteiger partial charge >= 0.3 is 0 Å². The molecule has 25 heavy (non-hydrogen) atoms. The molecule has 1 aromatic carbocycles. The third-order valence-corrected chi connectivity index (χ3v) is 5.25. The SMILES string of the molecule is CCCOCc1ccccc1CNC(=O)CN(C)C(C)c1cccs1. The van der Waals surface area contributed by atoms with Crippen LogP contribution >= 0.6 is 11.3 Å². The Balaban J connectivity index is 1.83. The van der Waals surface area contributed by atoms with Gasteiger partial charge in [0.2, 0.25) is 5.91 Å². The van der Waals surface area contributed by atoms with Gasteiger partial charge in [-0.1, -0.05) is 37.3 Å². The van der Waals surface area contributed by atoms with Crippen LogP contribution in [0.3, 0.4) is 0 Å². The maximum absolute atomic E-state index is 12.3. The summed E-state index contributed by atoms with van der Waals surface area (Å²) in [7, 11) is 1.98. The highest BCUT2D eigenvalue weighted by Crippen LogP contribution is 2.22. The molecule has 0 aliphatic heterocycles. The van der Waals surface area contributed by atoms with Crippen LogP contribution in [-0.2, 0) is 22.7 Å².